The number of rotatable bonds is 3. The predicted molar refractivity (Wildman–Crippen MR) is 97.5 cm³/mol. The van der Waals surface area contributed by atoms with E-state index in [0.717, 1.165) is 28.7 Å². The van der Waals surface area contributed by atoms with Crippen molar-refractivity contribution in [3.05, 3.63) is 53.3 Å². The third-order valence-electron chi connectivity index (χ3n) is 4.91. The van der Waals surface area contributed by atoms with Crippen molar-refractivity contribution in [2.24, 2.45) is 5.41 Å². The third-order valence-corrected chi connectivity index (χ3v) is 4.91. The van der Waals surface area contributed by atoms with E-state index >= 15 is 0 Å². The molecule has 0 saturated carbocycles. The van der Waals surface area contributed by atoms with E-state index in [0.29, 0.717) is 5.69 Å². The van der Waals surface area contributed by atoms with Gasteiger partial charge in [0.2, 0.25) is 0 Å². The molecule has 25 heavy (non-hydrogen) atoms. The lowest BCUT2D eigenvalue weighted by molar-refractivity contribution is 0.175. The molecule has 2 aromatic carbocycles. The molecule has 3 rings (SSSR count). The summed E-state index contributed by atoms with van der Waals surface area (Å²) in [6.45, 7) is 4.13. The Morgan fingerprint density at radius 1 is 1.20 bits per heavy atom. The third kappa shape index (κ3) is 3.18. The van der Waals surface area contributed by atoms with Crippen molar-refractivity contribution in [3.8, 4) is 11.1 Å². The second-order valence-corrected chi connectivity index (χ2v) is 7.52. The van der Waals surface area contributed by atoms with E-state index < -0.39 is 6.09 Å². The average molecular weight is 342 g/mol. The molecule has 2 N–H and O–H groups in total. The number of nitrogens with one attached hydrogen (secondary N) is 1. The Hall–Kier alpha value is -2.56. The normalized spacial score (nSPS) is 17.9. The maximum atomic E-state index is 13.9. The molecule has 0 aromatic heterocycles. The molecular weight excluding hydrogens is 319 g/mol. The fourth-order valence-corrected chi connectivity index (χ4v) is 3.67. The van der Waals surface area contributed by atoms with E-state index in [1.807, 2.05) is 32.3 Å². The van der Waals surface area contributed by atoms with Crippen LogP contribution in [0.3, 0.4) is 0 Å². The smallest absolute Gasteiger partial charge is 0.405 e. The standard InChI is InChI=1S/C20H23FN2O2/c1-20(2)11-14-9-12(5-7-15(14)18(20)22-19(24)25)13-6-8-16(21)17(10-13)23(3)4/h5-10,18,22H,11H2,1-4H3,(H,24,25). The number of hydrogen-bond donors (Lipinski definition) is 2. The van der Waals surface area contributed by atoms with Crippen LogP contribution in [0.5, 0.6) is 0 Å². The number of amides is 1. The molecule has 0 aliphatic heterocycles. The Balaban J connectivity index is 2.01. The van der Waals surface area contributed by atoms with Crippen LogP contribution in [0, 0.1) is 11.2 Å². The Morgan fingerprint density at radius 3 is 2.48 bits per heavy atom. The van der Waals surface area contributed by atoms with Crippen molar-refractivity contribution in [1.82, 2.24) is 5.32 Å². The zero-order valence-corrected chi connectivity index (χ0v) is 14.9. The van der Waals surface area contributed by atoms with Gasteiger partial charge in [-0.1, -0.05) is 38.1 Å². The van der Waals surface area contributed by atoms with E-state index in [9.17, 15) is 9.18 Å². The highest BCUT2D eigenvalue weighted by atomic mass is 19.1. The Kier molecular flexibility index (Phi) is 4.19. The summed E-state index contributed by atoms with van der Waals surface area (Å²) in [7, 11) is 3.63. The van der Waals surface area contributed by atoms with Gasteiger partial charge in [-0.3, -0.25) is 0 Å². The number of hydrogen-bond acceptors (Lipinski definition) is 2. The summed E-state index contributed by atoms with van der Waals surface area (Å²) in [5.74, 6) is -0.248. The van der Waals surface area contributed by atoms with Gasteiger partial charge in [-0.25, -0.2) is 9.18 Å². The molecule has 0 spiro atoms. The van der Waals surface area contributed by atoms with Crippen molar-refractivity contribution in [2.75, 3.05) is 19.0 Å². The van der Waals surface area contributed by atoms with Crippen LogP contribution in [0.1, 0.15) is 31.0 Å². The van der Waals surface area contributed by atoms with E-state index in [1.165, 1.54) is 6.07 Å². The average Bonchev–Trinajstić information content (AvgIpc) is 2.76. The Bertz CT molecular complexity index is 830. The highest BCUT2D eigenvalue weighted by Gasteiger charge is 2.39. The second kappa shape index (κ2) is 6.06. The summed E-state index contributed by atoms with van der Waals surface area (Å²) in [5.41, 5.74) is 4.47. The zero-order chi connectivity index (χ0) is 18.4. The number of fused-ring (bicyclic) bond motifs is 1. The Labute approximate surface area is 147 Å². The molecule has 1 atom stereocenters. The minimum absolute atomic E-state index is 0.184. The molecule has 1 unspecified atom stereocenters. The van der Waals surface area contributed by atoms with Gasteiger partial charge in [0.25, 0.3) is 0 Å². The number of nitrogens with zero attached hydrogens (tertiary/aromatic N) is 1. The first kappa shape index (κ1) is 17.3. The first-order chi connectivity index (χ1) is 11.7. The highest BCUT2D eigenvalue weighted by molar-refractivity contribution is 5.71. The fourth-order valence-electron chi connectivity index (χ4n) is 3.67. The first-order valence-corrected chi connectivity index (χ1v) is 8.28. The van der Waals surface area contributed by atoms with Gasteiger partial charge in [0, 0.05) is 14.1 Å². The van der Waals surface area contributed by atoms with Crippen LogP contribution in [0.4, 0.5) is 14.9 Å². The van der Waals surface area contributed by atoms with Gasteiger partial charge in [0.15, 0.2) is 0 Å². The molecular formula is C20H23FN2O2. The van der Waals surface area contributed by atoms with Crippen LogP contribution in [-0.2, 0) is 6.42 Å². The van der Waals surface area contributed by atoms with Crippen molar-refractivity contribution < 1.29 is 14.3 Å². The minimum Gasteiger partial charge on any atom is -0.465 e. The number of benzene rings is 2. The molecule has 4 nitrogen and oxygen atoms in total. The van der Waals surface area contributed by atoms with Crippen LogP contribution in [0.15, 0.2) is 36.4 Å². The molecule has 2 aromatic rings. The number of anilines is 1. The maximum absolute atomic E-state index is 13.9. The molecule has 1 aliphatic carbocycles. The number of carboxylic acid groups (broad SMARTS) is 1. The topological polar surface area (TPSA) is 52.6 Å². The van der Waals surface area contributed by atoms with E-state index in [4.69, 9.17) is 5.11 Å². The van der Waals surface area contributed by atoms with Crippen LogP contribution in [0.25, 0.3) is 11.1 Å². The van der Waals surface area contributed by atoms with Gasteiger partial charge < -0.3 is 15.3 Å². The lowest BCUT2D eigenvalue weighted by Crippen LogP contribution is -2.34. The van der Waals surface area contributed by atoms with Crippen molar-refractivity contribution >= 4 is 11.8 Å². The zero-order valence-electron chi connectivity index (χ0n) is 14.9. The second-order valence-electron chi connectivity index (χ2n) is 7.52. The summed E-state index contributed by atoms with van der Waals surface area (Å²) in [6.07, 6.45) is -0.216. The molecule has 5 heteroatoms. The summed E-state index contributed by atoms with van der Waals surface area (Å²) >= 11 is 0. The minimum atomic E-state index is -1.01. The van der Waals surface area contributed by atoms with Crippen LogP contribution in [0.2, 0.25) is 0 Å². The fraction of sp³-hybridized carbons (Fsp3) is 0.350. The molecule has 132 valence electrons. The molecule has 0 fully saturated rings. The van der Waals surface area contributed by atoms with Gasteiger partial charge >= 0.3 is 6.09 Å². The Morgan fingerprint density at radius 2 is 1.84 bits per heavy atom. The number of carbonyl (C=O) groups is 1. The SMILES string of the molecule is CN(C)c1cc(-c2ccc3c(c2)CC(C)(C)C3NC(=O)O)ccc1F. The molecule has 0 saturated heterocycles. The van der Waals surface area contributed by atoms with Crippen molar-refractivity contribution in [1.29, 1.82) is 0 Å². The summed E-state index contributed by atoms with van der Waals surface area (Å²) < 4.78 is 13.9. The quantitative estimate of drug-likeness (QED) is 0.866. The number of halogens is 1. The first-order valence-electron chi connectivity index (χ1n) is 8.28. The van der Waals surface area contributed by atoms with Gasteiger partial charge in [-0.05, 0) is 46.2 Å². The lowest BCUT2D eigenvalue weighted by atomic mass is 9.85. The van der Waals surface area contributed by atoms with E-state index in [1.54, 1.807) is 11.0 Å². The van der Waals surface area contributed by atoms with E-state index in [-0.39, 0.29) is 17.3 Å². The monoisotopic (exact) mass is 342 g/mol. The van der Waals surface area contributed by atoms with Crippen molar-refractivity contribution in [3.63, 3.8) is 0 Å². The molecule has 0 bridgehead atoms. The molecule has 0 heterocycles. The van der Waals surface area contributed by atoms with Crippen LogP contribution < -0.4 is 10.2 Å². The van der Waals surface area contributed by atoms with Crippen LogP contribution >= 0.6 is 0 Å². The van der Waals surface area contributed by atoms with Crippen molar-refractivity contribution in [2.45, 2.75) is 26.3 Å². The summed E-state index contributed by atoms with van der Waals surface area (Å²) in [5, 5.41) is 11.8. The molecule has 1 aliphatic rings. The largest absolute Gasteiger partial charge is 0.465 e. The lowest BCUT2D eigenvalue weighted by Gasteiger charge is -2.27. The van der Waals surface area contributed by atoms with E-state index in [2.05, 4.69) is 25.2 Å². The highest BCUT2D eigenvalue weighted by Crippen LogP contribution is 2.46. The van der Waals surface area contributed by atoms with Gasteiger partial charge in [-0.15, -0.1) is 0 Å². The molecule has 1 amide bonds. The predicted octanol–water partition coefficient (Wildman–Crippen LogP) is 4.45. The molecule has 0 radical (unpaired) electrons. The maximum Gasteiger partial charge on any atom is 0.405 e. The summed E-state index contributed by atoms with van der Waals surface area (Å²) in [4.78, 5) is 12.9. The van der Waals surface area contributed by atoms with Gasteiger partial charge in [-0.2, -0.15) is 0 Å². The van der Waals surface area contributed by atoms with Gasteiger partial charge in [0.1, 0.15) is 5.82 Å². The van der Waals surface area contributed by atoms with Crippen LogP contribution in [-0.4, -0.2) is 25.3 Å². The van der Waals surface area contributed by atoms with Gasteiger partial charge in [0.05, 0.1) is 11.7 Å². The summed E-state index contributed by atoms with van der Waals surface area (Å²) in [6, 6.07) is 10.9.